The molecule has 1 N–H and O–H groups in total. The fraction of sp³-hybridized carbons (Fsp3) is 0.200. The van der Waals surface area contributed by atoms with Gasteiger partial charge in [0.1, 0.15) is 0 Å². The Hall–Kier alpha value is -1.12. The van der Waals surface area contributed by atoms with Crippen LogP contribution in [0.5, 0.6) is 0 Å². The summed E-state index contributed by atoms with van der Waals surface area (Å²) in [4.78, 5) is 0. The van der Waals surface area contributed by atoms with Gasteiger partial charge in [-0.05, 0) is 40.8 Å². The summed E-state index contributed by atoms with van der Waals surface area (Å²) >= 11 is 3.50. The molecule has 0 unspecified atom stereocenters. The molecule has 0 heterocycles. The molecule has 0 aromatic heterocycles. The summed E-state index contributed by atoms with van der Waals surface area (Å²) in [6.07, 6.45) is 1.01. The fourth-order valence-electron chi connectivity index (χ4n) is 1.93. The summed E-state index contributed by atoms with van der Waals surface area (Å²) in [7, 11) is 0. The number of benzene rings is 2. The Labute approximate surface area is 110 Å². The number of halogens is 1. The van der Waals surface area contributed by atoms with E-state index in [-0.39, 0.29) is 6.61 Å². The van der Waals surface area contributed by atoms with Crippen molar-refractivity contribution in [3.05, 3.63) is 58.1 Å². The van der Waals surface area contributed by atoms with Gasteiger partial charge in [0.2, 0.25) is 0 Å². The van der Waals surface area contributed by atoms with Crippen molar-refractivity contribution in [1.82, 2.24) is 0 Å². The Morgan fingerprint density at radius 3 is 2.35 bits per heavy atom. The van der Waals surface area contributed by atoms with Crippen LogP contribution in [0.15, 0.2) is 46.9 Å². The van der Waals surface area contributed by atoms with Crippen molar-refractivity contribution in [1.29, 1.82) is 0 Å². The lowest BCUT2D eigenvalue weighted by Crippen LogP contribution is -1.89. The van der Waals surface area contributed by atoms with Crippen LogP contribution in [0.4, 0.5) is 0 Å². The average molecular weight is 291 g/mol. The Balaban J connectivity index is 2.44. The quantitative estimate of drug-likeness (QED) is 0.899. The van der Waals surface area contributed by atoms with Crippen LogP contribution < -0.4 is 0 Å². The second-order valence-corrected chi connectivity index (χ2v) is 4.93. The van der Waals surface area contributed by atoms with E-state index < -0.39 is 0 Å². The average Bonchev–Trinajstić information content (AvgIpc) is 2.39. The van der Waals surface area contributed by atoms with Gasteiger partial charge < -0.3 is 5.11 Å². The van der Waals surface area contributed by atoms with E-state index in [0.29, 0.717) is 0 Å². The zero-order valence-corrected chi connectivity index (χ0v) is 11.4. The van der Waals surface area contributed by atoms with Crippen molar-refractivity contribution in [3.63, 3.8) is 0 Å². The second-order valence-electron chi connectivity index (χ2n) is 4.01. The molecular weight excluding hydrogens is 276 g/mol. The molecule has 2 rings (SSSR count). The first-order chi connectivity index (χ1) is 8.24. The van der Waals surface area contributed by atoms with E-state index in [1.165, 1.54) is 16.7 Å². The minimum Gasteiger partial charge on any atom is -0.392 e. The summed E-state index contributed by atoms with van der Waals surface area (Å²) in [6.45, 7) is 2.26. The molecule has 17 heavy (non-hydrogen) atoms. The summed E-state index contributed by atoms with van der Waals surface area (Å²) in [5, 5.41) is 9.03. The normalized spacial score (nSPS) is 10.5. The maximum atomic E-state index is 9.03. The van der Waals surface area contributed by atoms with Crippen molar-refractivity contribution >= 4 is 15.9 Å². The molecule has 0 bridgehead atoms. The van der Waals surface area contributed by atoms with Crippen LogP contribution in [-0.2, 0) is 13.0 Å². The Kier molecular flexibility index (Phi) is 3.97. The van der Waals surface area contributed by atoms with E-state index in [1.807, 2.05) is 12.1 Å². The number of hydrogen-bond donors (Lipinski definition) is 1. The molecule has 0 saturated carbocycles. The third kappa shape index (κ3) is 2.76. The van der Waals surface area contributed by atoms with Crippen molar-refractivity contribution in [3.8, 4) is 11.1 Å². The van der Waals surface area contributed by atoms with Crippen LogP contribution in [0.25, 0.3) is 11.1 Å². The third-order valence-corrected chi connectivity index (χ3v) is 3.39. The van der Waals surface area contributed by atoms with E-state index >= 15 is 0 Å². The molecule has 88 valence electrons. The van der Waals surface area contributed by atoms with Crippen molar-refractivity contribution < 1.29 is 5.11 Å². The second kappa shape index (κ2) is 5.48. The minimum absolute atomic E-state index is 0.0985. The molecule has 0 spiro atoms. The molecule has 2 heteroatoms. The van der Waals surface area contributed by atoms with Crippen LogP contribution in [0.3, 0.4) is 0 Å². The highest BCUT2D eigenvalue weighted by Gasteiger charge is 2.04. The van der Waals surface area contributed by atoms with Crippen LogP contribution in [0, 0.1) is 0 Å². The van der Waals surface area contributed by atoms with Gasteiger partial charge in [-0.1, -0.05) is 53.2 Å². The van der Waals surface area contributed by atoms with E-state index in [1.54, 1.807) is 0 Å². The minimum atomic E-state index is 0.0985. The number of aliphatic hydroxyl groups is 1. The van der Waals surface area contributed by atoms with E-state index in [9.17, 15) is 0 Å². The number of hydrogen-bond acceptors (Lipinski definition) is 1. The van der Waals surface area contributed by atoms with Crippen LogP contribution in [-0.4, -0.2) is 5.11 Å². The smallest absolute Gasteiger partial charge is 0.0681 e. The highest BCUT2D eigenvalue weighted by Crippen LogP contribution is 2.27. The SMILES string of the molecule is CCc1cc(Br)ccc1-c1ccc(CO)cc1. The maximum Gasteiger partial charge on any atom is 0.0681 e. The van der Waals surface area contributed by atoms with Gasteiger partial charge in [-0.3, -0.25) is 0 Å². The monoisotopic (exact) mass is 290 g/mol. The third-order valence-electron chi connectivity index (χ3n) is 2.90. The molecule has 0 aliphatic rings. The standard InChI is InChI=1S/C15H15BrO/c1-2-12-9-14(16)7-8-15(12)13-5-3-11(10-17)4-6-13/h3-9,17H,2,10H2,1H3. The topological polar surface area (TPSA) is 20.2 Å². The van der Waals surface area contributed by atoms with E-state index in [2.05, 4.69) is 53.2 Å². The van der Waals surface area contributed by atoms with E-state index in [0.717, 1.165) is 16.5 Å². The first-order valence-electron chi connectivity index (χ1n) is 5.73. The maximum absolute atomic E-state index is 9.03. The van der Waals surface area contributed by atoms with E-state index in [4.69, 9.17) is 5.11 Å². The predicted molar refractivity (Wildman–Crippen MR) is 74.9 cm³/mol. The molecule has 0 radical (unpaired) electrons. The fourth-order valence-corrected chi connectivity index (χ4v) is 2.33. The van der Waals surface area contributed by atoms with Gasteiger partial charge in [-0.15, -0.1) is 0 Å². The Bertz CT molecular complexity index is 503. The molecule has 0 atom stereocenters. The molecule has 0 saturated heterocycles. The first-order valence-corrected chi connectivity index (χ1v) is 6.52. The Morgan fingerprint density at radius 1 is 1.06 bits per heavy atom. The Morgan fingerprint density at radius 2 is 1.76 bits per heavy atom. The van der Waals surface area contributed by atoms with Gasteiger partial charge in [0, 0.05) is 4.47 Å². The highest BCUT2D eigenvalue weighted by molar-refractivity contribution is 9.10. The van der Waals surface area contributed by atoms with Gasteiger partial charge >= 0.3 is 0 Å². The van der Waals surface area contributed by atoms with Crippen molar-refractivity contribution in [2.45, 2.75) is 20.0 Å². The number of rotatable bonds is 3. The molecule has 1 nitrogen and oxygen atoms in total. The summed E-state index contributed by atoms with van der Waals surface area (Å²) in [5.41, 5.74) is 4.74. The first kappa shape index (κ1) is 12.3. The van der Waals surface area contributed by atoms with Gasteiger partial charge in [0.15, 0.2) is 0 Å². The zero-order chi connectivity index (χ0) is 12.3. The molecule has 0 amide bonds. The summed E-state index contributed by atoms with van der Waals surface area (Å²) in [5.74, 6) is 0. The molecule has 2 aromatic carbocycles. The van der Waals surface area contributed by atoms with Crippen molar-refractivity contribution in [2.75, 3.05) is 0 Å². The summed E-state index contributed by atoms with van der Waals surface area (Å²) in [6, 6.07) is 14.4. The molecule has 2 aromatic rings. The lowest BCUT2D eigenvalue weighted by Gasteiger charge is -2.09. The summed E-state index contributed by atoms with van der Waals surface area (Å²) < 4.78 is 1.12. The van der Waals surface area contributed by atoms with Gasteiger partial charge in [0.25, 0.3) is 0 Å². The lowest BCUT2D eigenvalue weighted by molar-refractivity contribution is 0.282. The molecule has 0 aliphatic heterocycles. The van der Waals surface area contributed by atoms with Gasteiger partial charge in [-0.2, -0.15) is 0 Å². The highest BCUT2D eigenvalue weighted by atomic mass is 79.9. The molecule has 0 aliphatic carbocycles. The van der Waals surface area contributed by atoms with Gasteiger partial charge in [0.05, 0.1) is 6.61 Å². The number of aryl methyl sites for hydroxylation is 1. The van der Waals surface area contributed by atoms with Crippen molar-refractivity contribution in [2.24, 2.45) is 0 Å². The van der Waals surface area contributed by atoms with Crippen LogP contribution >= 0.6 is 15.9 Å². The lowest BCUT2D eigenvalue weighted by atomic mass is 9.97. The number of aliphatic hydroxyl groups excluding tert-OH is 1. The van der Waals surface area contributed by atoms with Gasteiger partial charge in [-0.25, -0.2) is 0 Å². The van der Waals surface area contributed by atoms with Crippen LogP contribution in [0.2, 0.25) is 0 Å². The zero-order valence-electron chi connectivity index (χ0n) is 9.78. The largest absolute Gasteiger partial charge is 0.392 e. The molecular formula is C15H15BrO. The molecule has 0 fully saturated rings. The predicted octanol–water partition coefficient (Wildman–Crippen LogP) is 4.17. The van der Waals surface area contributed by atoms with Crippen LogP contribution in [0.1, 0.15) is 18.1 Å².